The summed E-state index contributed by atoms with van der Waals surface area (Å²) in [7, 11) is 3.75. The summed E-state index contributed by atoms with van der Waals surface area (Å²) >= 11 is 0. The SMILES string of the molecule is CNC.b1ccccc1. The molecule has 1 nitrogen and oxygen atoms in total. The number of hydrogen-bond acceptors (Lipinski definition) is 1. The van der Waals surface area contributed by atoms with Gasteiger partial charge in [0, 0.05) is 0 Å². The molecule has 0 fully saturated rings. The van der Waals surface area contributed by atoms with Crippen molar-refractivity contribution in [3.05, 3.63) is 30.1 Å². The summed E-state index contributed by atoms with van der Waals surface area (Å²) in [6.07, 6.45) is 0. The van der Waals surface area contributed by atoms with E-state index < -0.39 is 0 Å². The van der Waals surface area contributed by atoms with Crippen LogP contribution in [0.15, 0.2) is 30.1 Å². The Hall–Kier alpha value is -0.625. The molecule has 0 aliphatic carbocycles. The van der Waals surface area contributed by atoms with Crippen molar-refractivity contribution in [1.82, 2.24) is 5.32 Å². The predicted molar refractivity (Wildman–Crippen MR) is 42.8 cm³/mol. The molecule has 0 aliphatic heterocycles. The van der Waals surface area contributed by atoms with E-state index in [2.05, 4.69) is 5.32 Å². The van der Waals surface area contributed by atoms with E-state index in [-0.39, 0.29) is 0 Å². The van der Waals surface area contributed by atoms with Crippen LogP contribution >= 0.6 is 0 Å². The van der Waals surface area contributed by atoms with Crippen molar-refractivity contribution in [2.45, 2.75) is 0 Å². The third-order valence-corrected chi connectivity index (χ3v) is 0.667. The fourth-order valence-electron chi connectivity index (χ4n) is 0.385. The van der Waals surface area contributed by atoms with Crippen LogP contribution in [0.1, 0.15) is 0 Å². The molecule has 1 rings (SSSR count). The van der Waals surface area contributed by atoms with Crippen molar-refractivity contribution in [3.63, 3.8) is 0 Å². The Morgan fingerprint density at radius 2 is 1.44 bits per heavy atom. The molecule has 0 bridgehead atoms. The molecule has 1 N–H and O–H groups in total. The molecule has 0 saturated heterocycles. The van der Waals surface area contributed by atoms with Crippen LogP contribution in [0.3, 0.4) is 0 Å². The fraction of sp³-hybridized carbons (Fsp3) is 0.286. The summed E-state index contributed by atoms with van der Waals surface area (Å²) in [5.41, 5.74) is 0. The number of rotatable bonds is 0. The summed E-state index contributed by atoms with van der Waals surface area (Å²) in [5.74, 6) is 4.00. The molecule has 0 aliphatic rings. The van der Waals surface area contributed by atoms with Gasteiger partial charge >= 0.3 is 37.0 Å². The topological polar surface area (TPSA) is 12.0 Å². The Balaban J connectivity index is 0.000000187. The van der Waals surface area contributed by atoms with Gasteiger partial charge < -0.3 is 5.32 Å². The molecule has 0 spiro atoms. The quantitative estimate of drug-likeness (QED) is 0.536. The van der Waals surface area contributed by atoms with Gasteiger partial charge in [-0.3, -0.25) is 0 Å². The van der Waals surface area contributed by atoms with E-state index in [0.717, 1.165) is 0 Å². The minimum atomic E-state index is 1.88. The van der Waals surface area contributed by atoms with Gasteiger partial charge in [-0.05, 0) is 14.1 Å². The Morgan fingerprint density at radius 1 is 1.00 bits per heavy atom. The van der Waals surface area contributed by atoms with E-state index in [1.807, 2.05) is 51.1 Å². The molecular formula is C7H12BN. The predicted octanol–water partition coefficient (Wildman–Crippen LogP) is 0.860. The standard InChI is InChI=1S/C5H5B.C2H7N/c1-2-4-6-5-3-1;1-3-2/h1-5H;3H,1-2H3. The molecule has 9 heavy (non-hydrogen) atoms. The van der Waals surface area contributed by atoms with Crippen molar-refractivity contribution >= 4 is 6.91 Å². The van der Waals surface area contributed by atoms with Gasteiger partial charge in [0.1, 0.15) is 0 Å². The average molecular weight is 121 g/mol. The molecule has 0 atom stereocenters. The molecule has 0 amide bonds. The number of nitrogens with one attached hydrogen (secondary N) is 1. The molecule has 0 saturated carbocycles. The Morgan fingerprint density at radius 3 is 1.56 bits per heavy atom. The van der Waals surface area contributed by atoms with Gasteiger partial charge in [-0.2, -0.15) is 0 Å². The first-order valence-corrected chi connectivity index (χ1v) is 3.00. The molecule has 0 radical (unpaired) electrons. The van der Waals surface area contributed by atoms with Crippen LogP contribution in [-0.2, 0) is 0 Å². The molecule has 1 aromatic rings. The summed E-state index contributed by atoms with van der Waals surface area (Å²) < 4.78 is 0. The summed E-state index contributed by atoms with van der Waals surface area (Å²) in [6.45, 7) is 2.00. The third-order valence-electron chi connectivity index (χ3n) is 0.667. The molecule has 2 heteroatoms. The van der Waals surface area contributed by atoms with Gasteiger partial charge in [0.15, 0.2) is 0 Å². The van der Waals surface area contributed by atoms with Gasteiger partial charge in [-0.25, -0.2) is 0 Å². The Kier molecular flexibility index (Phi) is 6.86. The number of hydrogen-bond donors (Lipinski definition) is 1. The van der Waals surface area contributed by atoms with E-state index in [1.54, 1.807) is 0 Å². The van der Waals surface area contributed by atoms with Crippen LogP contribution in [0, 0.1) is 0 Å². The van der Waals surface area contributed by atoms with Crippen molar-refractivity contribution in [2.75, 3.05) is 14.1 Å². The summed E-state index contributed by atoms with van der Waals surface area (Å²) in [4.78, 5) is 0. The van der Waals surface area contributed by atoms with Crippen LogP contribution in [0.5, 0.6) is 0 Å². The van der Waals surface area contributed by atoms with Crippen molar-refractivity contribution in [2.24, 2.45) is 0 Å². The van der Waals surface area contributed by atoms with Crippen LogP contribution in [0.2, 0.25) is 0 Å². The van der Waals surface area contributed by atoms with Crippen LogP contribution in [-0.4, -0.2) is 21.0 Å². The molecule has 1 heterocycles. The molecule has 1 aromatic heterocycles. The Bertz CT molecular complexity index is 91.8. The maximum atomic E-state index is 2.75. The van der Waals surface area contributed by atoms with Gasteiger partial charge in [0.2, 0.25) is 0 Å². The fourth-order valence-corrected chi connectivity index (χ4v) is 0.385. The Labute approximate surface area is 57.3 Å². The normalized spacial score (nSPS) is 6.89. The first-order chi connectivity index (χ1) is 4.41. The van der Waals surface area contributed by atoms with Gasteiger partial charge in [0.05, 0.1) is 0 Å². The van der Waals surface area contributed by atoms with Crippen molar-refractivity contribution in [1.29, 1.82) is 0 Å². The second-order valence-corrected chi connectivity index (χ2v) is 1.65. The van der Waals surface area contributed by atoms with Crippen LogP contribution in [0.4, 0.5) is 0 Å². The average Bonchev–Trinajstić information content (AvgIpc) is 1.93. The van der Waals surface area contributed by atoms with Gasteiger partial charge in [-0.15, -0.1) is 0 Å². The monoisotopic (exact) mass is 121 g/mol. The van der Waals surface area contributed by atoms with Crippen LogP contribution < -0.4 is 5.32 Å². The van der Waals surface area contributed by atoms with E-state index in [4.69, 9.17) is 0 Å². The zero-order valence-corrected chi connectivity index (χ0v) is 5.96. The summed E-state index contributed by atoms with van der Waals surface area (Å²) in [6, 6.07) is 6.00. The molecular weight excluding hydrogens is 109 g/mol. The van der Waals surface area contributed by atoms with E-state index in [0.29, 0.717) is 0 Å². The molecule has 0 aromatic carbocycles. The van der Waals surface area contributed by atoms with Gasteiger partial charge in [-0.1, -0.05) is 0 Å². The first kappa shape index (κ1) is 8.37. The molecule has 48 valence electrons. The maximum absolute atomic E-state index is 2.75. The minimum absolute atomic E-state index is 1.88. The van der Waals surface area contributed by atoms with Gasteiger partial charge in [0.25, 0.3) is 0 Å². The summed E-state index contributed by atoms with van der Waals surface area (Å²) in [5, 5.41) is 2.75. The second kappa shape index (κ2) is 7.37. The van der Waals surface area contributed by atoms with E-state index in [1.165, 1.54) is 0 Å². The third kappa shape index (κ3) is 7.37. The first-order valence-electron chi connectivity index (χ1n) is 3.00. The van der Waals surface area contributed by atoms with Crippen molar-refractivity contribution in [3.8, 4) is 0 Å². The van der Waals surface area contributed by atoms with E-state index >= 15 is 0 Å². The van der Waals surface area contributed by atoms with Crippen LogP contribution in [0.25, 0.3) is 0 Å². The molecule has 0 unspecified atom stereocenters. The zero-order valence-electron chi connectivity index (χ0n) is 5.96. The second-order valence-electron chi connectivity index (χ2n) is 1.65. The van der Waals surface area contributed by atoms with E-state index in [9.17, 15) is 0 Å². The van der Waals surface area contributed by atoms with Crippen molar-refractivity contribution < 1.29 is 0 Å². The zero-order chi connectivity index (χ0) is 6.95.